The summed E-state index contributed by atoms with van der Waals surface area (Å²) in [5.74, 6) is -1.05. The van der Waals surface area contributed by atoms with E-state index in [9.17, 15) is 18.0 Å². The second kappa shape index (κ2) is 5.65. The normalized spacial score (nSPS) is 11.0. The van der Waals surface area contributed by atoms with Crippen molar-refractivity contribution in [1.29, 1.82) is 5.41 Å². The van der Waals surface area contributed by atoms with Crippen LogP contribution in [0.4, 0.5) is 13.2 Å². The number of carbonyl (C=O) groups is 1. The molecule has 1 aromatic carbocycles. The van der Waals surface area contributed by atoms with Crippen molar-refractivity contribution in [3.8, 4) is 0 Å². The van der Waals surface area contributed by atoms with E-state index in [0.717, 1.165) is 17.0 Å². The highest BCUT2D eigenvalue weighted by Crippen LogP contribution is 2.31. The fourth-order valence-electron chi connectivity index (χ4n) is 1.71. The number of guanidine groups is 1. The molecule has 21 heavy (non-hydrogen) atoms. The summed E-state index contributed by atoms with van der Waals surface area (Å²) in [6, 6.07) is 4.56. The number of H-pyrrole nitrogens is 1. The van der Waals surface area contributed by atoms with Crippen molar-refractivity contribution in [3.05, 3.63) is 35.5 Å². The Balaban J connectivity index is 0.00000220. The minimum Gasteiger partial charge on any atom is -0.370 e. The molecule has 0 atom stereocenters. The number of carbonyl (C=O) groups excluding carboxylic acids is 1. The zero-order valence-electron chi connectivity index (χ0n) is 10.8. The standard InChI is InChI=1S/C12H11F3N4O.ClH/c1-19(11(16)17)10(20)9-4-6-2-3-7(12(13,14)15)5-8(6)18-9;/h2-5,18H,1H3,(H3,16,17);1H. The van der Waals surface area contributed by atoms with Gasteiger partial charge in [-0.15, -0.1) is 12.4 Å². The molecule has 0 bridgehead atoms. The maximum atomic E-state index is 12.6. The number of amides is 1. The highest BCUT2D eigenvalue weighted by molar-refractivity contribution is 6.05. The van der Waals surface area contributed by atoms with Crippen LogP contribution in [-0.2, 0) is 6.18 Å². The van der Waals surface area contributed by atoms with Gasteiger partial charge in [0.2, 0.25) is 0 Å². The zero-order chi connectivity index (χ0) is 15.1. The van der Waals surface area contributed by atoms with E-state index in [1.165, 1.54) is 19.2 Å². The van der Waals surface area contributed by atoms with Gasteiger partial charge in [0.1, 0.15) is 5.69 Å². The van der Waals surface area contributed by atoms with Gasteiger partial charge in [0, 0.05) is 18.0 Å². The molecular formula is C12H12ClF3N4O. The molecule has 2 aromatic rings. The molecule has 9 heteroatoms. The summed E-state index contributed by atoms with van der Waals surface area (Å²) < 4.78 is 37.7. The molecule has 114 valence electrons. The first kappa shape index (κ1) is 16.8. The number of rotatable bonds is 1. The van der Waals surface area contributed by atoms with E-state index in [2.05, 4.69) is 4.98 Å². The number of hydrogen-bond acceptors (Lipinski definition) is 2. The number of nitrogens with zero attached hydrogens (tertiary/aromatic N) is 1. The van der Waals surface area contributed by atoms with Crippen molar-refractivity contribution in [2.75, 3.05) is 7.05 Å². The van der Waals surface area contributed by atoms with Crippen LogP contribution in [0.3, 0.4) is 0 Å². The van der Waals surface area contributed by atoms with Crippen molar-refractivity contribution >= 4 is 35.2 Å². The summed E-state index contributed by atoms with van der Waals surface area (Å²) in [5, 5.41) is 7.62. The van der Waals surface area contributed by atoms with Crippen molar-refractivity contribution in [2.24, 2.45) is 5.73 Å². The van der Waals surface area contributed by atoms with E-state index in [1.807, 2.05) is 0 Å². The molecule has 1 amide bonds. The summed E-state index contributed by atoms with van der Waals surface area (Å²) in [5.41, 5.74) is 4.64. The van der Waals surface area contributed by atoms with Gasteiger partial charge in [0.15, 0.2) is 5.96 Å². The lowest BCUT2D eigenvalue weighted by Crippen LogP contribution is -2.38. The number of benzene rings is 1. The van der Waals surface area contributed by atoms with Gasteiger partial charge in [-0.2, -0.15) is 13.2 Å². The summed E-state index contributed by atoms with van der Waals surface area (Å²) >= 11 is 0. The van der Waals surface area contributed by atoms with Gasteiger partial charge in [0.05, 0.1) is 5.56 Å². The van der Waals surface area contributed by atoms with Crippen LogP contribution in [0.2, 0.25) is 0 Å². The molecule has 4 N–H and O–H groups in total. The Morgan fingerprint density at radius 3 is 2.48 bits per heavy atom. The lowest BCUT2D eigenvalue weighted by Gasteiger charge is -2.12. The molecule has 0 spiro atoms. The Morgan fingerprint density at radius 1 is 1.33 bits per heavy atom. The molecular weight excluding hydrogens is 309 g/mol. The van der Waals surface area contributed by atoms with Gasteiger partial charge in [-0.25, -0.2) is 0 Å². The van der Waals surface area contributed by atoms with Crippen LogP contribution in [0.25, 0.3) is 10.9 Å². The first-order valence-electron chi connectivity index (χ1n) is 5.52. The van der Waals surface area contributed by atoms with Crippen LogP contribution in [0.15, 0.2) is 24.3 Å². The van der Waals surface area contributed by atoms with Crippen molar-refractivity contribution < 1.29 is 18.0 Å². The molecule has 1 heterocycles. The monoisotopic (exact) mass is 320 g/mol. The van der Waals surface area contributed by atoms with Gasteiger partial charge in [-0.05, 0) is 18.2 Å². The molecule has 5 nitrogen and oxygen atoms in total. The van der Waals surface area contributed by atoms with Gasteiger partial charge >= 0.3 is 6.18 Å². The van der Waals surface area contributed by atoms with Crippen LogP contribution in [0.5, 0.6) is 0 Å². The number of fused-ring (bicyclic) bond motifs is 1. The second-order valence-electron chi connectivity index (χ2n) is 4.23. The van der Waals surface area contributed by atoms with Gasteiger partial charge in [0.25, 0.3) is 5.91 Å². The quantitative estimate of drug-likeness (QED) is 0.557. The number of hydrogen-bond donors (Lipinski definition) is 3. The van der Waals surface area contributed by atoms with Crippen LogP contribution in [0.1, 0.15) is 16.1 Å². The molecule has 0 aliphatic carbocycles. The molecule has 0 saturated heterocycles. The highest BCUT2D eigenvalue weighted by Gasteiger charge is 2.30. The van der Waals surface area contributed by atoms with Crippen LogP contribution in [-0.4, -0.2) is 28.8 Å². The zero-order valence-corrected chi connectivity index (χ0v) is 11.6. The predicted octanol–water partition coefficient (Wildman–Crippen LogP) is 2.57. The first-order chi connectivity index (χ1) is 9.20. The van der Waals surface area contributed by atoms with Crippen LogP contribution in [0, 0.1) is 5.41 Å². The van der Waals surface area contributed by atoms with E-state index < -0.39 is 23.6 Å². The van der Waals surface area contributed by atoms with Gasteiger partial charge < -0.3 is 10.7 Å². The molecule has 0 saturated carbocycles. The van der Waals surface area contributed by atoms with E-state index >= 15 is 0 Å². The summed E-state index contributed by atoms with van der Waals surface area (Å²) in [4.78, 5) is 15.4. The first-order valence-corrected chi connectivity index (χ1v) is 5.52. The lowest BCUT2D eigenvalue weighted by atomic mass is 10.1. The summed E-state index contributed by atoms with van der Waals surface area (Å²) in [6.07, 6.45) is -4.44. The average molecular weight is 321 g/mol. The number of aromatic amines is 1. The Morgan fingerprint density at radius 2 is 1.95 bits per heavy atom. The molecule has 0 fully saturated rings. The highest BCUT2D eigenvalue weighted by atomic mass is 35.5. The van der Waals surface area contributed by atoms with Crippen molar-refractivity contribution in [1.82, 2.24) is 9.88 Å². The summed E-state index contributed by atoms with van der Waals surface area (Å²) in [7, 11) is 1.30. The molecule has 0 radical (unpaired) electrons. The third-order valence-corrected chi connectivity index (χ3v) is 2.85. The largest absolute Gasteiger partial charge is 0.416 e. The molecule has 0 aliphatic heterocycles. The molecule has 2 rings (SSSR count). The SMILES string of the molecule is CN(C(=N)N)C(=O)c1cc2ccc(C(F)(F)F)cc2[nH]1.Cl. The third kappa shape index (κ3) is 3.27. The van der Waals surface area contributed by atoms with Gasteiger partial charge in [-0.1, -0.05) is 6.07 Å². The molecule has 1 aromatic heterocycles. The van der Waals surface area contributed by atoms with Crippen LogP contribution >= 0.6 is 12.4 Å². The van der Waals surface area contributed by atoms with Crippen LogP contribution < -0.4 is 5.73 Å². The van der Waals surface area contributed by atoms with Crippen molar-refractivity contribution in [3.63, 3.8) is 0 Å². The Hall–Kier alpha value is -2.22. The lowest BCUT2D eigenvalue weighted by molar-refractivity contribution is -0.137. The minimum absolute atomic E-state index is 0. The average Bonchev–Trinajstić information content (AvgIpc) is 2.78. The minimum atomic E-state index is -4.44. The number of nitrogens with one attached hydrogen (secondary N) is 2. The van der Waals surface area contributed by atoms with E-state index in [-0.39, 0.29) is 23.6 Å². The topological polar surface area (TPSA) is 86.0 Å². The van der Waals surface area contributed by atoms with Gasteiger partial charge in [-0.3, -0.25) is 15.1 Å². The number of halogens is 4. The Kier molecular flexibility index (Phi) is 4.52. The number of nitrogens with two attached hydrogens (primary N) is 1. The fourth-order valence-corrected chi connectivity index (χ4v) is 1.71. The maximum absolute atomic E-state index is 12.6. The summed E-state index contributed by atoms with van der Waals surface area (Å²) in [6.45, 7) is 0. The third-order valence-electron chi connectivity index (χ3n) is 2.85. The number of aromatic nitrogens is 1. The second-order valence-corrected chi connectivity index (χ2v) is 4.23. The molecule has 0 unspecified atom stereocenters. The van der Waals surface area contributed by atoms with Crippen molar-refractivity contribution in [2.45, 2.75) is 6.18 Å². The molecule has 0 aliphatic rings. The predicted molar refractivity (Wildman–Crippen MR) is 74.6 cm³/mol. The Labute approximate surface area is 123 Å². The fraction of sp³-hybridized carbons (Fsp3) is 0.167. The van der Waals surface area contributed by atoms with E-state index in [0.29, 0.717) is 5.39 Å². The smallest absolute Gasteiger partial charge is 0.370 e. The van der Waals surface area contributed by atoms with E-state index in [1.54, 1.807) is 0 Å². The Bertz CT molecular complexity index is 695. The maximum Gasteiger partial charge on any atom is 0.416 e. The van der Waals surface area contributed by atoms with E-state index in [4.69, 9.17) is 11.1 Å². The number of alkyl halides is 3.